The highest BCUT2D eigenvalue weighted by molar-refractivity contribution is 6.22. The molecule has 5 N–H and O–H groups in total. The van der Waals surface area contributed by atoms with Gasteiger partial charge < -0.3 is 30.5 Å². The maximum absolute atomic E-state index is 12.3. The van der Waals surface area contributed by atoms with E-state index in [0.29, 0.717) is 0 Å². The molecule has 1 aliphatic heterocycles. The van der Waals surface area contributed by atoms with Crippen LogP contribution in [-0.4, -0.2) is 69.2 Å². The molecule has 0 spiro atoms. The van der Waals surface area contributed by atoms with Gasteiger partial charge in [-0.25, -0.2) is 0 Å². The van der Waals surface area contributed by atoms with Crippen LogP contribution in [0.5, 0.6) is 0 Å². The molecule has 24 heavy (non-hydrogen) atoms. The minimum absolute atomic E-state index is 0.0208. The van der Waals surface area contributed by atoms with Gasteiger partial charge in [0, 0.05) is 18.5 Å². The van der Waals surface area contributed by atoms with Gasteiger partial charge in [-0.1, -0.05) is 13.8 Å². The van der Waals surface area contributed by atoms with Crippen LogP contribution in [0.1, 0.15) is 33.6 Å². The van der Waals surface area contributed by atoms with Gasteiger partial charge in [0.25, 0.3) is 0 Å². The smallest absolute Gasteiger partial charge is 0.178 e. The zero-order chi connectivity index (χ0) is 18.2. The molecule has 0 unspecified atom stereocenters. The minimum atomic E-state index is -1.51. The summed E-state index contributed by atoms with van der Waals surface area (Å²) in [5, 5.41) is 41.7. The molecule has 0 aromatic heterocycles. The van der Waals surface area contributed by atoms with Gasteiger partial charge >= 0.3 is 0 Å². The van der Waals surface area contributed by atoms with Crippen molar-refractivity contribution in [3.05, 3.63) is 11.3 Å². The summed E-state index contributed by atoms with van der Waals surface area (Å²) >= 11 is 0. The Labute approximate surface area is 140 Å². The lowest BCUT2D eigenvalue weighted by Gasteiger charge is -2.41. The number of aliphatic hydroxyl groups is 4. The maximum atomic E-state index is 12.3. The van der Waals surface area contributed by atoms with E-state index in [1.165, 1.54) is 6.92 Å². The summed E-state index contributed by atoms with van der Waals surface area (Å²) in [5.41, 5.74) is -0.149. The van der Waals surface area contributed by atoms with Gasteiger partial charge in [-0.2, -0.15) is 0 Å². The predicted octanol–water partition coefficient (Wildman–Crippen LogP) is -1.39. The van der Waals surface area contributed by atoms with E-state index in [0.717, 1.165) is 0 Å². The monoisotopic (exact) mass is 343 g/mol. The van der Waals surface area contributed by atoms with E-state index in [-0.39, 0.29) is 35.7 Å². The second-order valence-electron chi connectivity index (χ2n) is 7.26. The molecule has 1 saturated heterocycles. The number of ether oxygens (including phenoxy) is 1. The Morgan fingerprint density at radius 3 is 2.21 bits per heavy atom. The van der Waals surface area contributed by atoms with E-state index in [9.17, 15) is 24.9 Å². The zero-order valence-corrected chi connectivity index (χ0v) is 14.0. The minimum Gasteiger partial charge on any atom is -0.394 e. The normalized spacial score (nSPS) is 36.6. The number of aliphatic hydroxyl groups excluding tert-OH is 4. The first-order valence-corrected chi connectivity index (χ1v) is 7.91. The fourth-order valence-corrected chi connectivity index (χ4v) is 3.26. The van der Waals surface area contributed by atoms with Crippen molar-refractivity contribution >= 4 is 11.6 Å². The van der Waals surface area contributed by atoms with Crippen molar-refractivity contribution in [1.82, 2.24) is 5.32 Å². The van der Waals surface area contributed by atoms with E-state index >= 15 is 0 Å². The van der Waals surface area contributed by atoms with Gasteiger partial charge in [0.2, 0.25) is 0 Å². The molecule has 2 aliphatic rings. The lowest BCUT2D eigenvalue weighted by Crippen LogP contribution is -2.63. The van der Waals surface area contributed by atoms with Crippen molar-refractivity contribution < 1.29 is 34.8 Å². The van der Waals surface area contributed by atoms with Crippen LogP contribution in [0.25, 0.3) is 0 Å². The van der Waals surface area contributed by atoms with Crippen LogP contribution < -0.4 is 5.32 Å². The largest absolute Gasteiger partial charge is 0.394 e. The molecule has 0 bridgehead atoms. The van der Waals surface area contributed by atoms with Crippen LogP contribution in [-0.2, 0) is 14.3 Å². The summed E-state index contributed by atoms with van der Waals surface area (Å²) in [6.45, 7) is 4.63. The summed E-state index contributed by atoms with van der Waals surface area (Å²) < 4.78 is 5.05. The highest BCUT2D eigenvalue weighted by Crippen LogP contribution is 2.34. The number of ketones is 2. The third-order valence-corrected chi connectivity index (χ3v) is 4.49. The number of hydrogen-bond donors (Lipinski definition) is 5. The van der Waals surface area contributed by atoms with E-state index in [1.807, 2.05) is 13.8 Å². The lowest BCUT2D eigenvalue weighted by molar-refractivity contribution is -0.253. The SMILES string of the molecule is CC(N[C@@H]1[C@@H](O)[C@H](O)[C@@H](CO)O[C@@H]1O)=C1C(=O)CC(C)(C)CC1=O. The second kappa shape index (κ2) is 6.89. The summed E-state index contributed by atoms with van der Waals surface area (Å²) in [6.07, 6.45) is -5.01. The van der Waals surface area contributed by atoms with E-state index in [1.54, 1.807) is 0 Å². The molecule has 8 heteroatoms. The van der Waals surface area contributed by atoms with Gasteiger partial charge in [-0.15, -0.1) is 0 Å². The highest BCUT2D eigenvalue weighted by atomic mass is 16.6. The number of carbonyl (C=O) groups excluding carboxylic acids is 2. The van der Waals surface area contributed by atoms with Crippen molar-refractivity contribution in [2.45, 2.75) is 64.3 Å². The molecule has 0 aromatic rings. The quantitative estimate of drug-likeness (QED) is 0.312. The summed E-state index contributed by atoms with van der Waals surface area (Å²) in [6, 6.07) is -1.13. The lowest BCUT2D eigenvalue weighted by atomic mass is 9.73. The number of Topliss-reactive ketones (excluding diaryl/α,β-unsaturated/α-hetero) is 2. The first kappa shape index (κ1) is 19.0. The van der Waals surface area contributed by atoms with Crippen LogP contribution in [0.3, 0.4) is 0 Å². The molecule has 0 amide bonds. The van der Waals surface area contributed by atoms with Gasteiger partial charge in [0.05, 0.1) is 12.2 Å². The average molecular weight is 343 g/mol. The van der Waals surface area contributed by atoms with Crippen molar-refractivity contribution in [2.75, 3.05) is 6.61 Å². The number of hydrogen-bond acceptors (Lipinski definition) is 8. The molecule has 5 atom stereocenters. The average Bonchev–Trinajstić information content (AvgIpc) is 2.45. The van der Waals surface area contributed by atoms with Crippen molar-refractivity contribution in [3.63, 3.8) is 0 Å². The highest BCUT2D eigenvalue weighted by Gasteiger charge is 2.44. The summed E-state index contributed by atoms with van der Waals surface area (Å²) in [5.74, 6) is -0.591. The van der Waals surface area contributed by atoms with Crippen LogP contribution in [0.4, 0.5) is 0 Å². The first-order chi connectivity index (χ1) is 11.1. The Bertz CT molecular complexity index is 535. The summed E-state index contributed by atoms with van der Waals surface area (Å²) in [7, 11) is 0. The topological polar surface area (TPSA) is 136 Å². The molecule has 0 aromatic carbocycles. The Morgan fingerprint density at radius 1 is 1.17 bits per heavy atom. The summed E-state index contributed by atoms with van der Waals surface area (Å²) in [4.78, 5) is 24.5. The van der Waals surface area contributed by atoms with Crippen LogP contribution >= 0.6 is 0 Å². The molecular formula is C16H25NO7. The number of rotatable bonds is 3. The van der Waals surface area contributed by atoms with Gasteiger partial charge in [-0.05, 0) is 12.3 Å². The molecule has 8 nitrogen and oxygen atoms in total. The first-order valence-electron chi connectivity index (χ1n) is 7.91. The number of allylic oxidation sites excluding steroid dienone is 2. The third-order valence-electron chi connectivity index (χ3n) is 4.49. The Morgan fingerprint density at radius 2 is 1.71 bits per heavy atom. The molecule has 2 rings (SSSR count). The molecule has 1 heterocycles. The number of carbonyl (C=O) groups is 2. The van der Waals surface area contributed by atoms with Gasteiger partial charge in [0.1, 0.15) is 24.4 Å². The van der Waals surface area contributed by atoms with Crippen molar-refractivity contribution in [1.29, 1.82) is 0 Å². The molecule has 2 fully saturated rings. The fourth-order valence-electron chi connectivity index (χ4n) is 3.26. The molecule has 1 aliphatic carbocycles. The Kier molecular flexibility index (Phi) is 5.46. The Balaban J connectivity index is 2.20. The Hall–Kier alpha value is -1.32. The maximum Gasteiger partial charge on any atom is 0.178 e. The predicted molar refractivity (Wildman–Crippen MR) is 82.6 cm³/mol. The van der Waals surface area contributed by atoms with E-state index in [2.05, 4.69) is 5.32 Å². The van der Waals surface area contributed by atoms with E-state index in [4.69, 9.17) is 9.84 Å². The van der Waals surface area contributed by atoms with Gasteiger partial charge in [0.15, 0.2) is 17.9 Å². The number of nitrogens with one attached hydrogen (secondary N) is 1. The molecular weight excluding hydrogens is 318 g/mol. The molecule has 0 radical (unpaired) electrons. The third kappa shape index (κ3) is 3.68. The van der Waals surface area contributed by atoms with Crippen molar-refractivity contribution in [2.24, 2.45) is 5.41 Å². The zero-order valence-electron chi connectivity index (χ0n) is 14.0. The van der Waals surface area contributed by atoms with E-state index < -0.39 is 42.7 Å². The fraction of sp³-hybridized carbons (Fsp3) is 0.750. The molecule has 136 valence electrons. The van der Waals surface area contributed by atoms with Crippen molar-refractivity contribution in [3.8, 4) is 0 Å². The van der Waals surface area contributed by atoms with Gasteiger partial charge in [-0.3, -0.25) is 9.59 Å². The second-order valence-corrected chi connectivity index (χ2v) is 7.26. The standard InChI is InChI=1S/C16H25NO7/c1-7(11-8(19)4-16(2,3)5-9(11)20)17-12-14(22)13(21)10(6-18)24-15(12)23/h10,12-15,17-18,21-23H,4-6H2,1-3H3/t10-,12-,13-,14-,15+/m1/s1. The van der Waals surface area contributed by atoms with Crippen LogP contribution in [0.15, 0.2) is 11.3 Å². The van der Waals surface area contributed by atoms with Crippen LogP contribution in [0, 0.1) is 5.41 Å². The molecule has 1 saturated carbocycles. The van der Waals surface area contributed by atoms with Crippen LogP contribution in [0.2, 0.25) is 0 Å².